The molecule has 0 amide bonds. The van der Waals surface area contributed by atoms with Crippen LogP contribution in [0, 0.1) is 0 Å². The van der Waals surface area contributed by atoms with Crippen LogP contribution in [-0.4, -0.2) is 43.0 Å². The summed E-state index contributed by atoms with van der Waals surface area (Å²) in [6.07, 6.45) is 2.94. The van der Waals surface area contributed by atoms with Gasteiger partial charge in [-0.05, 0) is 54.7 Å². The third-order valence-electron chi connectivity index (χ3n) is 5.24. The summed E-state index contributed by atoms with van der Waals surface area (Å²) < 4.78 is 33.1. The first-order chi connectivity index (χ1) is 14.0. The van der Waals surface area contributed by atoms with Crippen molar-refractivity contribution in [2.75, 3.05) is 20.3 Å². The Morgan fingerprint density at radius 3 is 2.76 bits per heavy atom. The van der Waals surface area contributed by atoms with Gasteiger partial charge in [0, 0.05) is 13.7 Å². The topological polar surface area (TPSA) is 92.4 Å². The predicted octanol–water partition coefficient (Wildman–Crippen LogP) is 2.25. The number of nitrogens with zero attached hydrogens (tertiary/aromatic N) is 2. The van der Waals surface area contributed by atoms with Crippen molar-refractivity contribution in [2.45, 2.75) is 30.7 Å². The first-order valence-electron chi connectivity index (χ1n) is 9.58. The molecule has 1 aliphatic carbocycles. The number of ether oxygens (including phenoxy) is 1. The molecule has 0 radical (unpaired) electrons. The van der Waals surface area contributed by atoms with Crippen molar-refractivity contribution < 1.29 is 13.2 Å². The molecule has 0 fully saturated rings. The summed E-state index contributed by atoms with van der Waals surface area (Å²) in [4.78, 5) is 19.8. The molecule has 1 aromatic heterocycles. The Kier molecular flexibility index (Phi) is 5.49. The van der Waals surface area contributed by atoms with Gasteiger partial charge >= 0.3 is 0 Å². The molecule has 0 saturated heterocycles. The first kappa shape index (κ1) is 19.8. The summed E-state index contributed by atoms with van der Waals surface area (Å²) in [6.45, 7) is 0.358. The number of para-hydroxylation sites is 1. The van der Waals surface area contributed by atoms with Gasteiger partial charge in [0.25, 0.3) is 5.56 Å². The molecular formula is C21H23N3O4S. The molecule has 1 N–H and O–H groups in total. The maximum Gasteiger partial charge on any atom is 0.258 e. The molecule has 1 heterocycles. The van der Waals surface area contributed by atoms with Crippen molar-refractivity contribution in [3.8, 4) is 0 Å². The molecule has 29 heavy (non-hydrogen) atoms. The van der Waals surface area contributed by atoms with Gasteiger partial charge in [-0.25, -0.2) is 13.4 Å². The maximum atomic E-state index is 13.3. The zero-order valence-corrected chi connectivity index (χ0v) is 17.0. The van der Waals surface area contributed by atoms with E-state index in [4.69, 9.17) is 4.74 Å². The van der Waals surface area contributed by atoms with Gasteiger partial charge in [-0.3, -0.25) is 4.79 Å². The summed E-state index contributed by atoms with van der Waals surface area (Å²) in [5.74, 6) is 0.300. The molecule has 0 saturated carbocycles. The van der Waals surface area contributed by atoms with Crippen LogP contribution in [0.15, 0.2) is 52.2 Å². The van der Waals surface area contributed by atoms with E-state index in [1.54, 1.807) is 36.4 Å². The average Bonchev–Trinajstić information content (AvgIpc) is 3.19. The SMILES string of the molecule is COCCN(Cc1nc2ccccc2c(=O)[nH]1)S(=O)(=O)c1ccc2c(c1)CCC2. The molecule has 0 spiro atoms. The Morgan fingerprint density at radius 2 is 1.93 bits per heavy atom. The number of nitrogens with one attached hydrogen (secondary N) is 1. The number of fused-ring (bicyclic) bond motifs is 2. The third kappa shape index (κ3) is 3.96. The van der Waals surface area contributed by atoms with E-state index in [-0.39, 0.29) is 30.2 Å². The Labute approximate surface area is 169 Å². The number of hydrogen-bond donors (Lipinski definition) is 1. The lowest BCUT2D eigenvalue weighted by atomic mass is 10.1. The zero-order valence-electron chi connectivity index (χ0n) is 16.2. The molecule has 0 atom stereocenters. The maximum absolute atomic E-state index is 13.3. The van der Waals surface area contributed by atoms with Gasteiger partial charge in [-0.2, -0.15) is 4.31 Å². The normalized spacial score (nSPS) is 13.9. The quantitative estimate of drug-likeness (QED) is 0.641. The summed E-state index contributed by atoms with van der Waals surface area (Å²) in [5.41, 5.74) is 2.56. The lowest BCUT2D eigenvalue weighted by Crippen LogP contribution is -2.34. The molecule has 7 nitrogen and oxygen atoms in total. The van der Waals surface area contributed by atoms with Crippen LogP contribution in [0.3, 0.4) is 0 Å². The van der Waals surface area contributed by atoms with Crippen LogP contribution in [0.25, 0.3) is 10.9 Å². The average molecular weight is 413 g/mol. The molecule has 3 aromatic rings. The van der Waals surface area contributed by atoms with E-state index < -0.39 is 10.0 Å². The number of aromatic amines is 1. The lowest BCUT2D eigenvalue weighted by Gasteiger charge is -2.22. The summed E-state index contributed by atoms with van der Waals surface area (Å²) in [6, 6.07) is 12.3. The number of H-pyrrole nitrogens is 1. The number of benzene rings is 2. The molecule has 0 bridgehead atoms. The van der Waals surface area contributed by atoms with E-state index in [9.17, 15) is 13.2 Å². The zero-order chi connectivity index (χ0) is 20.4. The Bertz CT molecular complexity index is 1200. The molecular weight excluding hydrogens is 390 g/mol. The van der Waals surface area contributed by atoms with Crippen LogP contribution in [0.2, 0.25) is 0 Å². The number of hydrogen-bond acceptors (Lipinski definition) is 5. The second kappa shape index (κ2) is 8.06. The molecule has 152 valence electrons. The highest BCUT2D eigenvalue weighted by Gasteiger charge is 2.27. The van der Waals surface area contributed by atoms with Gasteiger partial charge in [0.15, 0.2) is 0 Å². The molecule has 0 unspecified atom stereocenters. The Balaban J connectivity index is 1.70. The van der Waals surface area contributed by atoms with Crippen LogP contribution < -0.4 is 5.56 Å². The molecule has 8 heteroatoms. The van der Waals surface area contributed by atoms with Crippen LogP contribution >= 0.6 is 0 Å². The molecule has 0 aliphatic heterocycles. The number of aryl methyl sites for hydroxylation is 2. The number of methoxy groups -OCH3 is 1. The van der Waals surface area contributed by atoms with Crippen molar-refractivity contribution >= 4 is 20.9 Å². The van der Waals surface area contributed by atoms with Crippen LogP contribution in [0.5, 0.6) is 0 Å². The lowest BCUT2D eigenvalue weighted by molar-refractivity contribution is 0.176. The van der Waals surface area contributed by atoms with E-state index in [0.717, 1.165) is 24.8 Å². The minimum atomic E-state index is -3.77. The second-order valence-electron chi connectivity index (χ2n) is 7.15. The fourth-order valence-corrected chi connectivity index (χ4v) is 5.15. The van der Waals surface area contributed by atoms with E-state index in [1.165, 1.54) is 17.0 Å². The summed E-state index contributed by atoms with van der Waals surface area (Å²) in [7, 11) is -2.24. The predicted molar refractivity (Wildman–Crippen MR) is 110 cm³/mol. The van der Waals surface area contributed by atoms with Crippen LogP contribution in [0.4, 0.5) is 0 Å². The molecule has 1 aliphatic rings. The van der Waals surface area contributed by atoms with Crippen molar-refractivity contribution in [1.82, 2.24) is 14.3 Å². The van der Waals surface area contributed by atoms with Gasteiger partial charge in [-0.1, -0.05) is 18.2 Å². The summed E-state index contributed by atoms with van der Waals surface area (Å²) >= 11 is 0. The Morgan fingerprint density at radius 1 is 1.14 bits per heavy atom. The van der Waals surface area contributed by atoms with Gasteiger partial charge in [0.2, 0.25) is 10.0 Å². The number of aromatic nitrogens is 2. The third-order valence-corrected chi connectivity index (χ3v) is 7.08. The van der Waals surface area contributed by atoms with Crippen molar-refractivity contribution in [1.29, 1.82) is 0 Å². The largest absolute Gasteiger partial charge is 0.383 e. The van der Waals surface area contributed by atoms with E-state index in [1.807, 2.05) is 6.07 Å². The van der Waals surface area contributed by atoms with E-state index in [0.29, 0.717) is 16.7 Å². The Hall–Kier alpha value is -2.55. The minimum absolute atomic E-state index is 0.0388. The number of sulfonamides is 1. The van der Waals surface area contributed by atoms with Crippen LogP contribution in [0.1, 0.15) is 23.4 Å². The molecule has 2 aromatic carbocycles. The first-order valence-corrected chi connectivity index (χ1v) is 11.0. The number of rotatable bonds is 7. The summed E-state index contributed by atoms with van der Waals surface area (Å²) in [5, 5.41) is 0.473. The van der Waals surface area contributed by atoms with Gasteiger partial charge in [0.05, 0.1) is 29.0 Å². The van der Waals surface area contributed by atoms with Crippen LogP contribution in [-0.2, 0) is 34.1 Å². The van der Waals surface area contributed by atoms with Crippen molar-refractivity contribution in [2.24, 2.45) is 0 Å². The molecule has 4 rings (SSSR count). The highest BCUT2D eigenvalue weighted by atomic mass is 32.2. The second-order valence-corrected chi connectivity index (χ2v) is 9.08. The van der Waals surface area contributed by atoms with E-state index >= 15 is 0 Å². The smallest absolute Gasteiger partial charge is 0.258 e. The highest BCUT2D eigenvalue weighted by molar-refractivity contribution is 7.89. The van der Waals surface area contributed by atoms with Crippen molar-refractivity contribution in [3.05, 3.63) is 69.8 Å². The van der Waals surface area contributed by atoms with Crippen molar-refractivity contribution in [3.63, 3.8) is 0 Å². The standard InChI is InChI=1S/C21H23N3O4S/c1-28-12-11-24(14-20-22-19-8-3-2-7-18(19)21(25)23-20)29(26,27)17-10-9-15-5-4-6-16(15)13-17/h2-3,7-10,13H,4-6,11-12,14H2,1H3,(H,22,23,25). The minimum Gasteiger partial charge on any atom is -0.383 e. The monoisotopic (exact) mass is 413 g/mol. The van der Waals surface area contributed by atoms with Gasteiger partial charge in [0.1, 0.15) is 5.82 Å². The fourth-order valence-electron chi connectivity index (χ4n) is 3.71. The van der Waals surface area contributed by atoms with Gasteiger partial charge in [-0.15, -0.1) is 0 Å². The van der Waals surface area contributed by atoms with Gasteiger partial charge < -0.3 is 9.72 Å². The fraction of sp³-hybridized carbons (Fsp3) is 0.333. The highest BCUT2D eigenvalue weighted by Crippen LogP contribution is 2.26. The van der Waals surface area contributed by atoms with E-state index in [2.05, 4.69) is 9.97 Å².